The van der Waals surface area contributed by atoms with Crippen molar-refractivity contribution in [3.05, 3.63) is 35.9 Å². The summed E-state index contributed by atoms with van der Waals surface area (Å²) in [5.41, 5.74) is 1.20. The third-order valence-electron chi connectivity index (χ3n) is 5.86. The summed E-state index contributed by atoms with van der Waals surface area (Å²) in [5.74, 6) is 0.198. The van der Waals surface area contributed by atoms with E-state index >= 15 is 0 Å². The number of aliphatic hydroxyl groups excluding tert-OH is 1. The van der Waals surface area contributed by atoms with Gasteiger partial charge in [-0.3, -0.25) is 9.59 Å². The number of likely N-dealkylation sites (N-methyl/N-ethyl adjacent to an activating group) is 1. The molecule has 2 heterocycles. The molecule has 0 bridgehead atoms. The number of benzene rings is 1. The van der Waals surface area contributed by atoms with Gasteiger partial charge in [0.2, 0.25) is 11.8 Å². The van der Waals surface area contributed by atoms with Gasteiger partial charge in [0.05, 0.1) is 12.5 Å². The topological polar surface area (TPSA) is 60.9 Å². The van der Waals surface area contributed by atoms with Crippen LogP contribution in [0.25, 0.3) is 0 Å². The van der Waals surface area contributed by atoms with Crippen molar-refractivity contribution < 1.29 is 14.7 Å². The van der Waals surface area contributed by atoms with Crippen LogP contribution in [0.15, 0.2) is 30.3 Å². The highest BCUT2D eigenvalue weighted by molar-refractivity contribution is 5.85. The van der Waals surface area contributed by atoms with Crippen LogP contribution < -0.4 is 0 Å². The number of hydrogen-bond donors (Lipinski definition) is 1. The van der Waals surface area contributed by atoms with E-state index < -0.39 is 0 Å². The van der Waals surface area contributed by atoms with Crippen molar-refractivity contribution in [2.45, 2.75) is 38.5 Å². The highest BCUT2D eigenvalue weighted by atomic mass is 16.3. The molecule has 2 aliphatic heterocycles. The van der Waals surface area contributed by atoms with E-state index in [1.54, 1.807) is 0 Å². The van der Waals surface area contributed by atoms with E-state index in [0.29, 0.717) is 0 Å². The lowest BCUT2D eigenvalue weighted by molar-refractivity contribution is -0.144. The van der Waals surface area contributed by atoms with Crippen molar-refractivity contribution in [3.63, 3.8) is 0 Å². The van der Waals surface area contributed by atoms with Crippen molar-refractivity contribution in [1.29, 1.82) is 0 Å². The van der Waals surface area contributed by atoms with E-state index in [2.05, 4.69) is 12.1 Å². The van der Waals surface area contributed by atoms with E-state index in [0.717, 1.165) is 51.0 Å². The average Bonchev–Trinajstić information content (AvgIpc) is 2.65. The quantitative estimate of drug-likeness (QED) is 0.909. The summed E-state index contributed by atoms with van der Waals surface area (Å²) < 4.78 is 0. The molecule has 0 unspecified atom stereocenters. The maximum Gasteiger partial charge on any atom is 0.230 e. The van der Waals surface area contributed by atoms with Gasteiger partial charge < -0.3 is 14.9 Å². The molecule has 3 rings (SSSR count). The number of carbonyl (C=O) groups excluding carboxylic acids is 2. The standard InChI is InChI=1S/C20H28N2O3/c1-2-21-15-20(9-11-22(12-10-20)18(24)8-13-23)14-17(19(21)25)16-6-4-3-5-7-16/h3-7,17,23H,2,8-15H2,1H3/t17-/m0/s1. The summed E-state index contributed by atoms with van der Waals surface area (Å²) in [6.45, 7) is 4.94. The Kier molecular flexibility index (Phi) is 5.42. The largest absolute Gasteiger partial charge is 0.396 e. The van der Waals surface area contributed by atoms with Gasteiger partial charge in [0.25, 0.3) is 0 Å². The molecule has 5 nitrogen and oxygen atoms in total. The number of nitrogens with zero attached hydrogens (tertiary/aromatic N) is 2. The van der Waals surface area contributed by atoms with Gasteiger partial charge in [0.1, 0.15) is 0 Å². The monoisotopic (exact) mass is 344 g/mol. The van der Waals surface area contributed by atoms with Gasteiger partial charge in [0, 0.05) is 32.6 Å². The first-order valence-corrected chi connectivity index (χ1v) is 9.31. The lowest BCUT2D eigenvalue weighted by atomic mass is 9.67. The molecule has 0 saturated carbocycles. The molecule has 0 radical (unpaired) electrons. The Bertz CT molecular complexity index is 609. The third-order valence-corrected chi connectivity index (χ3v) is 5.86. The van der Waals surface area contributed by atoms with Gasteiger partial charge in [-0.1, -0.05) is 30.3 Å². The van der Waals surface area contributed by atoms with Gasteiger partial charge >= 0.3 is 0 Å². The fourth-order valence-electron chi connectivity index (χ4n) is 4.35. The highest BCUT2D eigenvalue weighted by Gasteiger charge is 2.46. The fraction of sp³-hybridized carbons (Fsp3) is 0.600. The molecule has 0 aliphatic carbocycles. The third kappa shape index (κ3) is 3.71. The summed E-state index contributed by atoms with van der Waals surface area (Å²) in [4.78, 5) is 28.8. The number of likely N-dealkylation sites (tertiary alicyclic amines) is 2. The SMILES string of the molecule is CCN1CC2(CCN(C(=O)CCO)CC2)C[C@@H](c2ccccc2)C1=O. The molecule has 1 N–H and O–H groups in total. The lowest BCUT2D eigenvalue weighted by Crippen LogP contribution is -2.54. The van der Waals surface area contributed by atoms with Crippen LogP contribution >= 0.6 is 0 Å². The number of carbonyl (C=O) groups is 2. The molecule has 2 amide bonds. The van der Waals surface area contributed by atoms with Crippen LogP contribution in [0.1, 0.15) is 44.1 Å². The predicted octanol–water partition coefficient (Wildman–Crippen LogP) is 2.01. The number of piperidine rings is 2. The van der Waals surface area contributed by atoms with Crippen molar-refractivity contribution >= 4 is 11.8 Å². The molecule has 1 spiro atoms. The molecule has 2 saturated heterocycles. The minimum absolute atomic E-state index is 0.0381. The number of hydrogen-bond acceptors (Lipinski definition) is 3. The summed E-state index contributed by atoms with van der Waals surface area (Å²) >= 11 is 0. The predicted molar refractivity (Wildman–Crippen MR) is 96.0 cm³/mol. The van der Waals surface area contributed by atoms with Crippen LogP contribution in [0.5, 0.6) is 0 Å². The molecule has 1 aromatic rings. The maximum atomic E-state index is 12.9. The number of aliphatic hydroxyl groups is 1. The number of amides is 2. The minimum Gasteiger partial charge on any atom is -0.396 e. The highest BCUT2D eigenvalue weighted by Crippen LogP contribution is 2.45. The molecule has 1 atom stereocenters. The Morgan fingerprint density at radius 2 is 1.92 bits per heavy atom. The van der Waals surface area contributed by atoms with Crippen LogP contribution in [0, 0.1) is 5.41 Å². The van der Waals surface area contributed by atoms with Crippen molar-refractivity contribution in [1.82, 2.24) is 9.80 Å². The molecule has 2 aliphatic rings. The normalized spacial score (nSPS) is 23.1. The van der Waals surface area contributed by atoms with Crippen molar-refractivity contribution in [2.75, 3.05) is 32.8 Å². The molecule has 0 aromatic heterocycles. The van der Waals surface area contributed by atoms with Crippen molar-refractivity contribution in [3.8, 4) is 0 Å². The van der Waals surface area contributed by atoms with Gasteiger partial charge in [-0.2, -0.15) is 0 Å². The van der Waals surface area contributed by atoms with E-state index in [1.807, 2.05) is 34.9 Å². The Labute approximate surface area is 149 Å². The molecular formula is C20H28N2O3. The average molecular weight is 344 g/mol. The van der Waals surface area contributed by atoms with E-state index in [4.69, 9.17) is 5.11 Å². The smallest absolute Gasteiger partial charge is 0.230 e. The lowest BCUT2D eigenvalue weighted by Gasteiger charge is -2.49. The van der Waals surface area contributed by atoms with Gasteiger partial charge in [-0.15, -0.1) is 0 Å². The van der Waals surface area contributed by atoms with Crippen LogP contribution in [-0.4, -0.2) is 59.5 Å². The van der Waals surface area contributed by atoms with Gasteiger partial charge in [-0.25, -0.2) is 0 Å². The first kappa shape index (κ1) is 17.9. The number of rotatable bonds is 4. The summed E-state index contributed by atoms with van der Waals surface area (Å²) in [5, 5.41) is 8.97. The summed E-state index contributed by atoms with van der Waals surface area (Å²) in [7, 11) is 0. The molecule has 2 fully saturated rings. The Balaban J connectivity index is 1.76. The Morgan fingerprint density at radius 1 is 1.24 bits per heavy atom. The van der Waals surface area contributed by atoms with E-state index in [9.17, 15) is 9.59 Å². The zero-order chi connectivity index (χ0) is 17.9. The van der Waals surface area contributed by atoms with Gasteiger partial charge in [-0.05, 0) is 37.2 Å². The van der Waals surface area contributed by atoms with E-state index in [-0.39, 0.29) is 36.2 Å². The fourth-order valence-corrected chi connectivity index (χ4v) is 4.35. The summed E-state index contributed by atoms with van der Waals surface area (Å²) in [6.07, 6.45) is 2.93. The maximum absolute atomic E-state index is 12.9. The van der Waals surface area contributed by atoms with Gasteiger partial charge in [0.15, 0.2) is 0 Å². The van der Waals surface area contributed by atoms with Crippen molar-refractivity contribution in [2.24, 2.45) is 5.41 Å². The molecular weight excluding hydrogens is 316 g/mol. The second kappa shape index (κ2) is 7.56. The zero-order valence-electron chi connectivity index (χ0n) is 15.0. The molecule has 1 aromatic carbocycles. The molecule has 25 heavy (non-hydrogen) atoms. The zero-order valence-corrected chi connectivity index (χ0v) is 15.0. The minimum atomic E-state index is -0.0886. The molecule has 5 heteroatoms. The first-order valence-electron chi connectivity index (χ1n) is 9.31. The van der Waals surface area contributed by atoms with Crippen LogP contribution in [0.2, 0.25) is 0 Å². The van der Waals surface area contributed by atoms with Crippen LogP contribution in [0.3, 0.4) is 0 Å². The first-order chi connectivity index (χ1) is 12.1. The van der Waals surface area contributed by atoms with Crippen LogP contribution in [-0.2, 0) is 9.59 Å². The second-order valence-corrected chi connectivity index (χ2v) is 7.37. The second-order valence-electron chi connectivity index (χ2n) is 7.37. The summed E-state index contributed by atoms with van der Waals surface area (Å²) in [6, 6.07) is 10.1. The molecule has 136 valence electrons. The van der Waals surface area contributed by atoms with E-state index in [1.165, 1.54) is 0 Å². The van der Waals surface area contributed by atoms with Crippen LogP contribution in [0.4, 0.5) is 0 Å². The Hall–Kier alpha value is -1.88. The Morgan fingerprint density at radius 3 is 2.52 bits per heavy atom.